The molecule has 4 rings (SSSR count). The highest BCUT2D eigenvalue weighted by Crippen LogP contribution is 2.39. The second kappa shape index (κ2) is 8.95. The Morgan fingerprint density at radius 1 is 1.06 bits per heavy atom. The van der Waals surface area contributed by atoms with Gasteiger partial charge in [0.05, 0.1) is 4.92 Å². The van der Waals surface area contributed by atoms with E-state index < -0.39 is 43.0 Å². The molecule has 0 N–H and O–H groups in total. The van der Waals surface area contributed by atoms with Crippen molar-refractivity contribution < 1.29 is 27.7 Å². The van der Waals surface area contributed by atoms with Crippen molar-refractivity contribution in [2.75, 3.05) is 39.8 Å². The summed E-state index contributed by atoms with van der Waals surface area (Å²) >= 11 is 0. The number of nitro benzene ring substituents is 1. The van der Waals surface area contributed by atoms with Crippen LogP contribution in [0.25, 0.3) is 0 Å². The largest absolute Gasteiger partial charge is 0.338 e. The van der Waals surface area contributed by atoms with E-state index in [1.165, 1.54) is 28.0 Å². The molecule has 2 saturated heterocycles. The fourth-order valence-electron chi connectivity index (χ4n) is 5.05. The maximum absolute atomic E-state index is 13.1. The Morgan fingerprint density at radius 2 is 1.68 bits per heavy atom. The van der Waals surface area contributed by atoms with Crippen LogP contribution < -0.4 is 0 Å². The van der Waals surface area contributed by atoms with Gasteiger partial charge in [-0.3, -0.25) is 24.6 Å². The van der Waals surface area contributed by atoms with E-state index in [0.717, 1.165) is 34.5 Å². The fraction of sp³-hybridized carbons (Fsp3) is 0.571. The second-order valence-corrected chi connectivity index (χ2v) is 10.7. The maximum atomic E-state index is 13.1. The van der Waals surface area contributed by atoms with Crippen molar-refractivity contribution in [2.24, 2.45) is 0 Å². The highest BCUT2D eigenvalue weighted by atomic mass is 32.2. The van der Waals surface area contributed by atoms with E-state index in [4.69, 9.17) is 0 Å². The molecule has 1 spiro atoms. The molecule has 2 heterocycles. The lowest BCUT2D eigenvalue weighted by molar-refractivity contribution is -0.387. The van der Waals surface area contributed by atoms with Gasteiger partial charge in [-0.2, -0.15) is 4.31 Å². The summed E-state index contributed by atoms with van der Waals surface area (Å²) in [5.41, 5.74) is -1.37. The number of benzene rings is 1. The summed E-state index contributed by atoms with van der Waals surface area (Å²) in [4.78, 5) is 52.7. The monoisotopic (exact) mass is 493 g/mol. The van der Waals surface area contributed by atoms with Crippen molar-refractivity contribution in [3.63, 3.8) is 0 Å². The van der Waals surface area contributed by atoms with Crippen LogP contribution in [-0.4, -0.2) is 95.5 Å². The minimum absolute atomic E-state index is 0.0497. The molecule has 1 aromatic carbocycles. The van der Waals surface area contributed by atoms with Gasteiger partial charge in [0.1, 0.15) is 12.1 Å². The van der Waals surface area contributed by atoms with Crippen LogP contribution in [-0.2, 0) is 19.6 Å². The highest BCUT2D eigenvalue weighted by molar-refractivity contribution is 7.89. The highest BCUT2D eigenvalue weighted by Gasteiger charge is 2.56. The maximum Gasteiger partial charge on any atom is 0.327 e. The minimum atomic E-state index is -4.12. The molecule has 12 nitrogen and oxygen atoms in total. The Morgan fingerprint density at radius 3 is 2.29 bits per heavy atom. The Kier molecular flexibility index (Phi) is 6.34. The molecule has 0 aromatic heterocycles. The predicted molar refractivity (Wildman–Crippen MR) is 119 cm³/mol. The Labute approximate surface area is 197 Å². The van der Waals surface area contributed by atoms with Gasteiger partial charge in [0.25, 0.3) is 11.6 Å². The summed E-state index contributed by atoms with van der Waals surface area (Å²) < 4.78 is 27.1. The lowest BCUT2D eigenvalue weighted by Gasteiger charge is -2.36. The molecule has 184 valence electrons. The number of amides is 4. The molecule has 3 aliphatic rings. The number of nitro groups is 1. The number of carbonyl (C=O) groups excluding carboxylic acids is 3. The van der Waals surface area contributed by atoms with Gasteiger partial charge in [-0.1, -0.05) is 31.4 Å². The summed E-state index contributed by atoms with van der Waals surface area (Å²) in [6.07, 6.45) is 3.87. The van der Waals surface area contributed by atoms with Crippen LogP contribution in [0.4, 0.5) is 10.5 Å². The first-order valence-electron chi connectivity index (χ1n) is 11.2. The van der Waals surface area contributed by atoms with Crippen molar-refractivity contribution in [2.45, 2.75) is 42.5 Å². The van der Waals surface area contributed by atoms with Crippen LogP contribution >= 0.6 is 0 Å². The van der Waals surface area contributed by atoms with Gasteiger partial charge >= 0.3 is 6.03 Å². The van der Waals surface area contributed by atoms with E-state index in [-0.39, 0.29) is 38.6 Å². The number of para-hydroxylation sites is 1. The topological polar surface area (TPSA) is 141 Å². The average molecular weight is 494 g/mol. The fourth-order valence-corrected chi connectivity index (χ4v) is 6.63. The van der Waals surface area contributed by atoms with Crippen molar-refractivity contribution >= 4 is 33.6 Å². The van der Waals surface area contributed by atoms with E-state index in [1.54, 1.807) is 7.05 Å². The van der Waals surface area contributed by atoms with Crippen LogP contribution in [0, 0.1) is 10.1 Å². The molecule has 2 aliphatic heterocycles. The summed E-state index contributed by atoms with van der Waals surface area (Å²) in [5.74, 6) is -0.781. The first-order valence-corrected chi connectivity index (χ1v) is 12.6. The molecule has 0 unspecified atom stereocenters. The molecule has 13 heteroatoms. The minimum Gasteiger partial charge on any atom is -0.338 e. The average Bonchev–Trinajstić information content (AvgIpc) is 3.00. The number of hydrogen-bond donors (Lipinski definition) is 0. The molecule has 34 heavy (non-hydrogen) atoms. The van der Waals surface area contributed by atoms with Gasteiger partial charge in [0, 0.05) is 39.3 Å². The molecule has 4 amide bonds. The van der Waals surface area contributed by atoms with Gasteiger partial charge in [-0.15, -0.1) is 0 Å². The summed E-state index contributed by atoms with van der Waals surface area (Å²) in [7, 11) is -2.52. The molecular weight excluding hydrogens is 466 g/mol. The quantitative estimate of drug-likeness (QED) is 0.339. The summed E-state index contributed by atoms with van der Waals surface area (Å²) in [6, 6.07) is 4.64. The number of sulfonamides is 1. The third-order valence-electron chi connectivity index (χ3n) is 7.05. The molecule has 0 atom stereocenters. The number of urea groups is 1. The zero-order chi connectivity index (χ0) is 24.7. The van der Waals surface area contributed by atoms with E-state index in [1.807, 2.05) is 0 Å². The third-order valence-corrected chi connectivity index (χ3v) is 8.99. The molecule has 0 radical (unpaired) electrons. The van der Waals surface area contributed by atoms with Crippen molar-refractivity contribution in [3.8, 4) is 0 Å². The predicted octanol–water partition coefficient (Wildman–Crippen LogP) is 1.02. The first kappa shape index (κ1) is 24.1. The number of imide groups is 1. The molecule has 1 aliphatic carbocycles. The van der Waals surface area contributed by atoms with Crippen molar-refractivity contribution in [1.29, 1.82) is 0 Å². The number of nitrogens with zero attached hydrogens (tertiary/aromatic N) is 5. The first-order chi connectivity index (χ1) is 16.1. The van der Waals surface area contributed by atoms with Crippen LogP contribution in [0.5, 0.6) is 0 Å². The molecule has 1 aromatic rings. The summed E-state index contributed by atoms with van der Waals surface area (Å²) in [6.45, 7) is -0.385. The van der Waals surface area contributed by atoms with Gasteiger partial charge in [0.15, 0.2) is 4.90 Å². The Balaban J connectivity index is 1.41. The van der Waals surface area contributed by atoms with Gasteiger partial charge in [0.2, 0.25) is 15.9 Å². The molecule has 0 bridgehead atoms. The molecule has 1 saturated carbocycles. The number of carbonyl (C=O) groups is 3. The normalized spacial score (nSPS) is 21.4. The molecule has 3 fully saturated rings. The Hall–Kier alpha value is -3.06. The third kappa shape index (κ3) is 3.92. The number of likely N-dealkylation sites (N-methyl/N-ethyl adjacent to an activating group) is 1. The van der Waals surface area contributed by atoms with Gasteiger partial charge < -0.3 is 9.80 Å². The number of hydrogen-bond acceptors (Lipinski definition) is 7. The number of piperazine rings is 1. The smallest absolute Gasteiger partial charge is 0.327 e. The Bertz CT molecular complexity index is 1120. The second-order valence-electron chi connectivity index (χ2n) is 8.83. The standard InChI is InChI=1S/C21H27N5O7S/c1-22-20(29)25(19(28)21(22)9-5-2-6-10-21)15-18(27)23-11-13-24(14-12-23)34(32,33)17-8-4-3-7-16(17)26(30)31/h3-4,7-8H,2,5-6,9-15H2,1H3. The van der Waals surface area contributed by atoms with Crippen LogP contribution in [0.3, 0.4) is 0 Å². The zero-order valence-electron chi connectivity index (χ0n) is 18.9. The molecular formula is C21H27N5O7S. The zero-order valence-corrected chi connectivity index (χ0v) is 19.7. The van der Waals surface area contributed by atoms with Crippen LogP contribution in [0.1, 0.15) is 32.1 Å². The van der Waals surface area contributed by atoms with Crippen LogP contribution in [0.15, 0.2) is 29.2 Å². The lowest BCUT2D eigenvalue weighted by Crippen LogP contribution is -2.53. The summed E-state index contributed by atoms with van der Waals surface area (Å²) in [5, 5.41) is 11.3. The lowest BCUT2D eigenvalue weighted by atomic mass is 9.81. The van der Waals surface area contributed by atoms with Crippen LogP contribution in [0.2, 0.25) is 0 Å². The number of rotatable bonds is 5. The van der Waals surface area contributed by atoms with Crippen molar-refractivity contribution in [1.82, 2.24) is 19.0 Å². The van der Waals surface area contributed by atoms with Crippen molar-refractivity contribution in [3.05, 3.63) is 34.4 Å². The van der Waals surface area contributed by atoms with E-state index in [0.29, 0.717) is 12.8 Å². The SMILES string of the molecule is CN1C(=O)N(CC(=O)N2CCN(S(=O)(=O)c3ccccc3[N+](=O)[O-])CC2)C(=O)C12CCCCC2. The van der Waals surface area contributed by atoms with Gasteiger partial charge in [-0.25, -0.2) is 13.2 Å². The van der Waals surface area contributed by atoms with Gasteiger partial charge in [-0.05, 0) is 18.9 Å². The van der Waals surface area contributed by atoms with E-state index in [2.05, 4.69) is 0 Å². The van der Waals surface area contributed by atoms with E-state index >= 15 is 0 Å². The van der Waals surface area contributed by atoms with E-state index in [9.17, 15) is 32.9 Å².